The largest absolute Gasteiger partial charge is 0.473 e. The van der Waals surface area contributed by atoms with Gasteiger partial charge in [0, 0.05) is 6.07 Å². The fourth-order valence-electron chi connectivity index (χ4n) is 3.02. The first-order valence-corrected chi connectivity index (χ1v) is 8.03. The van der Waals surface area contributed by atoms with Crippen LogP contribution in [-0.2, 0) is 0 Å². The SMILES string of the molecule is Fc1ccc2c(OC3CCNCC3)nn(-c3ccccc3F)c2c1. The molecule has 1 fully saturated rings. The van der Waals surface area contributed by atoms with E-state index in [4.69, 9.17) is 4.74 Å². The minimum Gasteiger partial charge on any atom is -0.473 e. The Morgan fingerprint density at radius 3 is 2.67 bits per heavy atom. The van der Waals surface area contributed by atoms with Crippen LogP contribution in [0, 0.1) is 11.6 Å². The van der Waals surface area contributed by atoms with E-state index in [1.165, 1.54) is 22.9 Å². The van der Waals surface area contributed by atoms with Crippen LogP contribution >= 0.6 is 0 Å². The van der Waals surface area contributed by atoms with Gasteiger partial charge in [0.15, 0.2) is 0 Å². The molecule has 2 heterocycles. The van der Waals surface area contributed by atoms with E-state index in [1.54, 1.807) is 24.3 Å². The summed E-state index contributed by atoms with van der Waals surface area (Å²) < 4.78 is 35.3. The van der Waals surface area contributed by atoms with Crippen LogP contribution in [0.2, 0.25) is 0 Å². The van der Waals surface area contributed by atoms with Gasteiger partial charge >= 0.3 is 0 Å². The Morgan fingerprint density at radius 2 is 1.88 bits per heavy atom. The van der Waals surface area contributed by atoms with Gasteiger partial charge in [-0.25, -0.2) is 13.5 Å². The lowest BCUT2D eigenvalue weighted by molar-refractivity contribution is 0.157. The number of hydrogen-bond acceptors (Lipinski definition) is 3. The van der Waals surface area contributed by atoms with Crippen molar-refractivity contribution in [1.82, 2.24) is 15.1 Å². The zero-order valence-electron chi connectivity index (χ0n) is 13.0. The van der Waals surface area contributed by atoms with Crippen LogP contribution in [0.5, 0.6) is 5.88 Å². The highest BCUT2D eigenvalue weighted by Crippen LogP contribution is 2.30. The lowest BCUT2D eigenvalue weighted by atomic mass is 10.1. The smallest absolute Gasteiger partial charge is 0.241 e. The molecule has 0 bridgehead atoms. The molecular formula is C18H17F2N3O. The van der Waals surface area contributed by atoms with E-state index in [0.717, 1.165) is 25.9 Å². The summed E-state index contributed by atoms with van der Waals surface area (Å²) in [5.41, 5.74) is 0.761. The number of ether oxygens (including phenoxy) is 1. The lowest BCUT2D eigenvalue weighted by Crippen LogP contribution is -2.34. The molecule has 3 aromatic rings. The first kappa shape index (κ1) is 15.1. The number of fused-ring (bicyclic) bond motifs is 1. The molecule has 4 nitrogen and oxygen atoms in total. The Morgan fingerprint density at radius 1 is 1.08 bits per heavy atom. The first-order chi connectivity index (χ1) is 11.7. The molecule has 1 aliphatic heterocycles. The van der Waals surface area contributed by atoms with Gasteiger partial charge < -0.3 is 10.1 Å². The minimum absolute atomic E-state index is 0.0588. The van der Waals surface area contributed by atoms with Crippen molar-refractivity contribution in [3.05, 3.63) is 54.1 Å². The maximum Gasteiger partial charge on any atom is 0.241 e. The van der Waals surface area contributed by atoms with Gasteiger partial charge in [0.05, 0.1) is 10.9 Å². The van der Waals surface area contributed by atoms with Crippen molar-refractivity contribution in [1.29, 1.82) is 0 Å². The third-order valence-corrected chi connectivity index (χ3v) is 4.25. The van der Waals surface area contributed by atoms with E-state index < -0.39 is 11.6 Å². The molecule has 2 aromatic carbocycles. The molecule has 0 spiro atoms. The molecule has 1 saturated heterocycles. The zero-order chi connectivity index (χ0) is 16.5. The molecule has 124 valence electrons. The Labute approximate surface area is 138 Å². The number of hydrogen-bond donors (Lipinski definition) is 1. The maximum atomic E-state index is 14.2. The van der Waals surface area contributed by atoms with Crippen molar-refractivity contribution < 1.29 is 13.5 Å². The van der Waals surface area contributed by atoms with Gasteiger partial charge in [-0.1, -0.05) is 12.1 Å². The van der Waals surface area contributed by atoms with Crippen LogP contribution in [0.4, 0.5) is 8.78 Å². The van der Waals surface area contributed by atoms with Crippen LogP contribution in [0.3, 0.4) is 0 Å². The van der Waals surface area contributed by atoms with Gasteiger partial charge in [-0.3, -0.25) is 0 Å². The number of aromatic nitrogens is 2. The fourth-order valence-corrected chi connectivity index (χ4v) is 3.02. The molecule has 0 amide bonds. The third kappa shape index (κ3) is 2.73. The zero-order valence-corrected chi connectivity index (χ0v) is 13.0. The first-order valence-electron chi connectivity index (χ1n) is 8.03. The molecule has 0 aliphatic carbocycles. The standard InChI is InChI=1S/C18H17F2N3O/c19-12-5-6-14-17(11-12)23(16-4-2-1-3-15(16)20)22-18(14)24-13-7-9-21-10-8-13/h1-6,11,13,21H,7-10H2. The Kier molecular flexibility index (Phi) is 3.90. The molecule has 6 heteroatoms. The molecule has 0 radical (unpaired) electrons. The minimum atomic E-state index is -0.417. The highest BCUT2D eigenvalue weighted by Gasteiger charge is 2.20. The maximum absolute atomic E-state index is 14.2. The highest BCUT2D eigenvalue weighted by molar-refractivity contribution is 5.86. The van der Waals surface area contributed by atoms with Gasteiger partial charge in [0.25, 0.3) is 0 Å². The molecule has 0 saturated carbocycles. The van der Waals surface area contributed by atoms with Crippen molar-refractivity contribution >= 4 is 10.9 Å². The summed E-state index contributed by atoms with van der Waals surface area (Å²) >= 11 is 0. The summed E-state index contributed by atoms with van der Waals surface area (Å²) in [7, 11) is 0. The predicted octanol–water partition coefficient (Wildman–Crippen LogP) is 3.43. The lowest BCUT2D eigenvalue weighted by Gasteiger charge is -2.22. The van der Waals surface area contributed by atoms with Crippen LogP contribution in [0.1, 0.15) is 12.8 Å². The van der Waals surface area contributed by atoms with Crippen molar-refractivity contribution in [2.45, 2.75) is 18.9 Å². The number of para-hydroxylation sites is 1. The predicted molar refractivity (Wildman–Crippen MR) is 87.5 cm³/mol. The van der Waals surface area contributed by atoms with Gasteiger partial charge in [0.1, 0.15) is 23.4 Å². The molecular weight excluding hydrogens is 312 g/mol. The summed E-state index contributed by atoms with van der Waals surface area (Å²) in [4.78, 5) is 0. The van der Waals surface area contributed by atoms with Crippen LogP contribution in [-0.4, -0.2) is 29.0 Å². The second-order valence-corrected chi connectivity index (χ2v) is 5.90. The summed E-state index contributed by atoms with van der Waals surface area (Å²) in [5.74, 6) is -0.395. The van der Waals surface area contributed by atoms with Gasteiger partial charge in [-0.05, 0) is 50.2 Å². The number of rotatable bonds is 3. The molecule has 1 N–H and O–H groups in total. The second-order valence-electron chi connectivity index (χ2n) is 5.90. The Bertz CT molecular complexity index is 872. The third-order valence-electron chi connectivity index (χ3n) is 4.25. The van der Waals surface area contributed by atoms with E-state index in [2.05, 4.69) is 10.4 Å². The fraction of sp³-hybridized carbons (Fsp3) is 0.278. The highest BCUT2D eigenvalue weighted by atomic mass is 19.1. The van der Waals surface area contributed by atoms with Crippen molar-refractivity contribution in [2.24, 2.45) is 0 Å². The molecule has 0 atom stereocenters. The average Bonchev–Trinajstić information content (AvgIpc) is 2.94. The molecule has 4 rings (SSSR count). The number of nitrogens with zero attached hydrogens (tertiary/aromatic N) is 2. The van der Waals surface area contributed by atoms with E-state index in [0.29, 0.717) is 16.8 Å². The topological polar surface area (TPSA) is 39.1 Å². The Balaban J connectivity index is 1.82. The van der Waals surface area contributed by atoms with Crippen LogP contribution in [0.15, 0.2) is 42.5 Å². The normalized spacial score (nSPS) is 15.8. The summed E-state index contributed by atoms with van der Waals surface area (Å²) in [6.45, 7) is 1.79. The molecule has 0 unspecified atom stereocenters. The van der Waals surface area contributed by atoms with E-state index >= 15 is 0 Å². The Hall–Kier alpha value is -2.47. The van der Waals surface area contributed by atoms with Gasteiger partial charge in [-0.15, -0.1) is 5.10 Å². The average molecular weight is 329 g/mol. The van der Waals surface area contributed by atoms with Crippen molar-refractivity contribution in [3.63, 3.8) is 0 Å². The number of nitrogens with one attached hydrogen (secondary N) is 1. The van der Waals surface area contributed by atoms with Crippen LogP contribution in [0.25, 0.3) is 16.6 Å². The summed E-state index contributed by atoms with van der Waals surface area (Å²) in [5, 5.41) is 8.38. The van der Waals surface area contributed by atoms with Crippen LogP contribution < -0.4 is 10.1 Å². The monoisotopic (exact) mass is 329 g/mol. The summed E-state index contributed by atoms with van der Waals surface area (Å²) in [6, 6.07) is 10.6. The molecule has 1 aromatic heterocycles. The van der Waals surface area contributed by atoms with Gasteiger partial charge in [0.2, 0.25) is 5.88 Å². The number of benzene rings is 2. The summed E-state index contributed by atoms with van der Waals surface area (Å²) in [6.07, 6.45) is 1.83. The van der Waals surface area contributed by atoms with E-state index in [9.17, 15) is 8.78 Å². The van der Waals surface area contributed by atoms with Gasteiger partial charge in [-0.2, -0.15) is 0 Å². The molecule has 24 heavy (non-hydrogen) atoms. The second kappa shape index (κ2) is 6.20. The van der Waals surface area contributed by atoms with Crippen molar-refractivity contribution in [3.8, 4) is 11.6 Å². The number of piperidine rings is 1. The van der Waals surface area contributed by atoms with E-state index in [-0.39, 0.29) is 11.8 Å². The van der Waals surface area contributed by atoms with E-state index in [1.807, 2.05) is 0 Å². The molecule has 1 aliphatic rings. The quantitative estimate of drug-likeness (QED) is 0.800. The van der Waals surface area contributed by atoms with Crippen molar-refractivity contribution in [2.75, 3.05) is 13.1 Å². The number of halogens is 2.